The lowest BCUT2D eigenvalue weighted by molar-refractivity contribution is 0.0700. The van der Waals surface area contributed by atoms with Crippen LogP contribution in [0.4, 0.5) is 5.69 Å². The number of benzene rings is 1. The number of nitrogen functional groups attached to an aromatic ring is 1. The summed E-state index contributed by atoms with van der Waals surface area (Å²) in [5.74, 6) is 0.817. The van der Waals surface area contributed by atoms with Crippen molar-refractivity contribution in [3.8, 4) is 5.75 Å². The van der Waals surface area contributed by atoms with Crippen molar-refractivity contribution < 1.29 is 14.2 Å². The van der Waals surface area contributed by atoms with Crippen LogP contribution in [0.25, 0.3) is 0 Å². The molecule has 5 nitrogen and oxygen atoms in total. The van der Waals surface area contributed by atoms with Crippen LogP contribution < -0.4 is 10.5 Å². The summed E-state index contributed by atoms with van der Waals surface area (Å²) in [6.45, 7) is 5.13. The Kier molecular flexibility index (Phi) is 7.36. The lowest BCUT2D eigenvalue weighted by Gasteiger charge is -2.29. The second kappa shape index (κ2) is 8.79. The number of ether oxygens (including phenoxy) is 3. The van der Waals surface area contributed by atoms with E-state index in [1.165, 1.54) is 0 Å². The topological polar surface area (TPSA) is 57.0 Å². The molecule has 0 aliphatic rings. The van der Waals surface area contributed by atoms with E-state index in [-0.39, 0.29) is 0 Å². The molecule has 0 radical (unpaired) electrons. The molecule has 5 heteroatoms. The number of hydrogen-bond donors (Lipinski definition) is 1. The van der Waals surface area contributed by atoms with Gasteiger partial charge in [0.1, 0.15) is 5.75 Å². The third kappa shape index (κ3) is 5.00. The Bertz CT molecular complexity index is 399. The van der Waals surface area contributed by atoms with Gasteiger partial charge in [0, 0.05) is 50.7 Å². The molecule has 0 aliphatic carbocycles. The Labute approximate surface area is 121 Å². The summed E-state index contributed by atoms with van der Waals surface area (Å²) in [6, 6.07) is 6.06. The third-order valence-electron chi connectivity index (χ3n) is 3.30. The van der Waals surface area contributed by atoms with Crippen molar-refractivity contribution in [3.05, 3.63) is 23.8 Å². The van der Waals surface area contributed by atoms with Gasteiger partial charge in [0.25, 0.3) is 0 Å². The zero-order chi connectivity index (χ0) is 15.0. The molecule has 1 aromatic rings. The molecular weight excluding hydrogens is 256 g/mol. The number of anilines is 1. The fourth-order valence-corrected chi connectivity index (χ4v) is 2.12. The lowest BCUT2D eigenvalue weighted by atomic mass is 10.1. The molecular formula is C15H26N2O3. The van der Waals surface area contributed by atoms with Crippen molar-refractivity contribution in [1.29, 1.82) is 0 Å². The van der Waals surface area contributed by atoms with Crippen LogP contribution in [0.3, 0.4) is 0 Å². The minimum atomic E-state index is 0.303. The van der Waals surface area contributed by atoms with Crippen LogP contribution in [0.5, 0.6) is 5.75 Å². The van der Waals surface area contributed by atoms with E-state index >= 15 is 0 Å². The molecule has 0 saturated carbocycles. The number of rotatable bonds is 9. The smallest absolute Gasteiger partial charge is 0.125 e. The first-order valence-electron chi connectivity index (χ1n) is 6.76. The minimum Gasteiger partial charge on any atom is -0.496 e. The van der Waals surface area contributed by atoms with Crippen LogP contribution in [0, 0.1) is 0 Å². The molecule has 20 heavy (non-hydrogen) atoms. The fraction of sp³-hybridized carbons (Fsp3) is 0.600. The second-order valence-corrected chi connectivity index (χ2v) is 4.84. The van der Waals surface area contributed by atoms with Crippen molar-refractivity contribution in [1.82, 2.24) is 4.90 Å². The van der Waals surface area contributed by atoms with Crippen LogP contribution >= 0.6 is 0 Å². The van der Waals surface area contributed by atoms with Gasteiger partial charge in [-0.2, -0.15) is 0 Å². The Hall–Kier alpha value is -1.30. The van der Waals surface area contributed by atoms with Crippen LogP contribution in [-0.2, 0) is 16.0 Å². The van der Waals surface area contributed by atoms with Crippen LogP contribution in [-0.4, -0.2) is 52.0 Å². The fourth-order valence-electron chi connectivity index (χ4n) is 2.12. The minimum absolute atomic E-state index is 0.303. The number of nitrogens with two attached hydrogens (primary N) is 1. The Morgan fingerprint density at radius 1 is 1.20 bits per heavy atom. The van der Waals surface area contributed by atoms with Gasteiger partial charge in [-0.05, 0) is 13.0 Å². The number of hydrogen-bond acceptors (Lipinski definition) is 5. The van der Waals surface area contributed by atoms with Crippen molar-refractivity contribution in [3.63, 3.8) is 0 Å². The first-order chi connectivity index (χ1) is 9.62. The van der Waals surface area contributed by atoms with Gasteiger partial charge in [-0.1, -0.05) is 6.07 Å². The molecule has 1 aromatic carbocycles. The van der Waals surface area contributed by atoms with Gasteiger partial charge < -0.3 is 19.9 Å². The quantitative estimate of drug-likeness (QED) is 0.699. The summed E-state index contributed by atoms with van der Waals surface area (Å²) < 4.78 is 15.8. The van der Waals surface area contributed by atoms with Crippen molar-refractivity contribution >= 4 is 5.69 Å². The molecule has 0 aliphatic heterocycles. The maximum absolute atomic E-state index is 5.79. The van der Waals surface area contributed by atoms with Gasteiger partial charge in [0.2, 0.25) is 0 Å². The Balaban J connectivity index is 2.82. The van der Waals surface area contributed by atoms with E-state index in [0.29, 0.717) is 24.9 Å². The molecule has 1 atom stereocenters. The summed E-state index contributed by atoms with van der Waals surface area (Å²) >= 11 is 0. The van der Waals surface area contributed by atoms with Crippen molar-refractivity contribution in [2.45, 2.75) is 19.5 Å². The molecule has 0 heterocycles. The molecule has 0 aromatic heterocycles. The van der Waals surface area contributed by atoms with Gasteiger partial charge >= 0.3 is 0 Å². The standard InChI is InChI=1S/C15H26N2O3/c1-12(11-19-3)17(7-8-18-2)10-13-5-6-14(16)9-15(13)20-4/h5-6,9,12H,7-8,10-11,16H2,1-4H3. The van der Waals surface area contributed by atoms with Crippen molar-refractivity contribution in [2.24, 2.45) is 0 Å². The zero-order valence-corrected chi connectivity index (χ0v) is 12.9. The van der Waals surface area contributed by atoms with Crippen LogP contribution in [0.15, 0.2) is 18.2 Å². The lowest BCUT2D eigenvalue weighted by Crippen LogP contribution is -2.38. The van der Waals surface area contributed by atoms with E-state index in [2.05, 4.69) is 11.8 Å². The highest BCUT2D eigenvalue weighted by atomic mass is 16.5. The van der Waals surface area contributed by atoms with E-state index in [1.807, 2.05) is 18.2 Å². The highest BCUT2D eigenvalue weighted by molar-refractivity contribution is 5.48. The normalized spacial score (nSPS) is 12.7. The largest absolute Gasteiger partial charge is 0.496 e. The molecule has 1 rings (SSSR count). The monoisotopic (exact) mass is 282 g/mol. The van der Waals surface area contributed by atoms with Gasteiger partial charge in [-0.3, -0.25) is 4.90 Å². The van der Waals surface area contributed by atoms with Gasteiger partial charge in [0.05, 0.1) is 20.3 Å². The Morgan fingerprint density at radius 2 is 1.95 bits per heavy atom. The molecule has 0 saturated heterocycles. The van der Waals surface area contributed by atoms with E-state index in [9.17, 15) is 0 Å². The first-order valence-corrected chi connectivity index (χ1v) is 6.76. The van der Waals surface area contributed by atoms with Gasteiger partial charge in [0.15, 0.2) is 0 Å². The first kappa shape index (κ1) is 16.8. The van der Waals surface area contributed by atoms with Crippen molar-refractivity contribution in [2.75, 3.05) is 46.8 Å². The number of nitrogens with zero attached hydrogens (tertiary/aromatic N) is 1. The predicted molar refractivity (Wildman–Crippen MR) is 81.0 cm³/mol. The molecule has 0 amide bonds. The van der Waals surface area contributed by atoms with Crippen LogP contribution in [0.1, 0.15) is 12.5 Å². The SMILES string of the molecule is COCCN(Cc1ccc(N)cc1OC)C(C)COC. The summed E-state index contributed by atoms with van der Waals surface area (Å²) in [4.78, 5) is 2.31. The summed E-state index contributed by atoms with van der Waals surface area (Å²) in [6.07, 6.45) is 0. The van der Waals surface area contributed by atoms with E-state index in [0.717, 1.165) is 24.4 Å². The average Bonchev–Trinajstić information content (AvgIpc) is 2.44. The van der Waals surface area contributed by atoms with Gasteiger partial charge in [-0.15, -0.1) is 0 Å². The number of methoxy groups -OCH3 is 3. The highest BCUT2D eigenvalue weighted by Gasteiger charge is 2.16. The summed E-state index contributed by atoms with van der Waals surface area (Å²) in [7, 11) is 5.09. The van der Waals surface area contributed by atoms with E-state index < -0.39 is 0 Å². The zero-order valence-electron chi connectivity index (χ0n) is 12.9. The predicted octanol–water partition coefficient (Wildman–Crippen LogP) is 1.76. The van der Waals surface area contributed by atoms with Crippen LogP contribution in [0.2, 0.25) is 0 Å². The third-order valence-corrected chi connectivity index (χ3v) is 3.30. The molecule has 0 bridgehead atoms. The molecule has 2 N–H and O–H groups in total. The molecule has 0 spiro atoms. The summed E-state index contributed by atoms with van der Waals surface area (Å²) in [5.41, 5.74) is 7.61. The van der Waals surface area contributed by atoms with Gasteiger partial charge in [-0.25, -0.2) is 0 Å². The second-order valence-electron chi connectivity index (χ2n) is 4.84. The highest BCUT2D eigenvalue weighted by Crippen LogP contribution is 2.23. The average molecular weight is 282 g/mol. The molecule has 1 unspecified atom stereocenters. The molecule has 0 fully saturated rings. The maximum Gasteiger partial charge on any atom is 0.125 e. The molecule has 114 valence electrons. The summed E-state index contributed by atoms with van der Waals surface area (Å²) in [5, 5.41) is 0. The Morgan fingerprint density at radius 3 is 2.55 bits per heavy atom. The van der Waals surface area contributed by atoms with E-state index in [4.69, 9.17) is 19.9 Å². The van der Waals surface area contributed by atoms with E-state index in [1.54, 1.807) is 21.3 Å². The maximum atomic E-state index is 5.79.